The molecule has 0 fully saturated rings. The molecule has 8 heteroatoms. The van der Waals surface area contributed by atoms with E-state index in [1.807, 2.05) is 0 Å². The number of hydrogen-bond donors (Lipinski definition) is 2. The summed E-state index contributed by atoms with van der Waals surface area (Å²) in [6.45, 7) is 9.03. The van der Waals surface area contributed by atoms with E-state index < -0.39 is 17.0 Å². The summed E-state index contributed by atoms with van der Waals surface area (Å²) in [4.78, 5) is 3.86. The number of hydrogen-bond acceptors (Lipinski definition) is 7. The number of ether oxygens (including phenoxy) is 1. The molecule has 1 unspecified atom stereocenters. The standard InChI is InChI=1S/C15H30N2O5S/c1-6-16-10-14(2)11-17-12-15(18)13-22-8-7-9-23(19-3,20-4)21-5/h6,10,15,17-18H,1-2,7-9,11-13H2,3-5H3. The minimum absolute atomic E-state index is 0.259. The molecule has 136 valence electrons. The molecule has 0 saturated heterocycles. The molecule has 0 aromatic rings. The van der Waals surface area contributed by atoms with Gasteiger partial charge in [0, 0.05) is 37.9 Å². The third kappa shape index (κ3) is 10.6. The van der Waals surface area contributed by atoms with Gasteiger partial charge < -0.3 is 15.2 Å². The Hall–Kier alpha value is -0.740. The van der Waals surface area contributed by atoms with Crippen molar-refractivity contribution in [2.75, 3.05) is 53.4 Å². The fraction of sp³-hybridized carbons (Fsp3) is 0.667. The summed E-state index contributed by atoms with van der Waals surface area (Å²) in [5, 5.41) is 12.9. The van der Waals surface area contributed by atoms with E-state index in [4.69, 9.17) is 17.3 Å². The van der Waals surface area contributed by atoms with Crippen LogP contribution in [0.25, 0.3) is 0 Å². The smallest absolute Gasteiger partial charge is 0.0897 e. The van der Waals surface area contributed by atoms with Crippen molar-refractivity contribution in [1.29, 1.82) is 0 Å². The molecule has 0 rings (SSSR count). The second-order valence-corrected chi connectivity index (χ2v) is 7.12. The minimum atomic E-state index is -1.93. The average molecular weight is 350 g/mol. The van der Waals surface area contributed by atoms with Crippen LogP contribution in [-0.4, -0.2) is 70.8 Å². The van der Waals surface area contributed by atoms with Crippen molar-refractivity contribution in [3.05, 3.63) is 24.9 Å². The fourth-order valence-electron chi connectivity index (χ4n) is 1.67. The quantitative estimate of drug-likeness (QED) is 0.345. The van der Waals surface area contributed by atoms with Crippen LogP contribution in [0.5, 0.6) is 0 Å². The Labute approximate surface area is 141 Å². The minimum Gasteiger partial charge on any atom is -0.389 e. The van der Waals surface area contributed by atoms with Crippen LogP contribution in [0.1, 0.15) is 6.42 Å². The number of rotatable bonds is 15. The first-order valence-electron chi connectivity index (χ1n) is 7.29. The Kier molecular flexibility index (Phi) is 13.2. The first-order chi connectivity index (χ1) is 11.0. The SMILES string of the molecule is C=CN=CC(=C)CNCC(O)COCCCS(OC)(OC)OC. The number of aliphatic imine (C=N–C) groups is 1. The molecule has 0 aromatic carbocycles. The Morgan fingerprint density at radius 3 is 2.52 bits per heavy atom. The largest absolute Gasteiger partial charge is 0.389 e. The molecule has 0 amide bonds. The molecule has 0 aromatic heterocycles. The van der Waals surface area contributed by atoms with Crippen LogP contribution in [-0.2, 0) is 17.3 Å². The van der Waals surface area contributed by atoms with Crippen LogP contribution in [0.2, 0.25) is 0 Å². The maximum atomic E-state index is 9.80. The molecule has 7 nitrogen and oxygen atoms in total. The van der Waals surface area contributed by atoms with E-state index in [0.717, 1.165) is 12.0 Å². The summed E-state index contributed by atoms with van der Waals surface area (Å²) in [6, 6.07) is 0. The molecule has 23 heavy (non-hydrogen) atoms. The van der Waals surface area contributed by atoms with Gasteiger partial charge in [-0.1, -0.05) is 13.2 Å². The Balaban J connectivity index is 3.71. The van der Waals surface area contributed by atoms with Crippen LogP contribution in [0.3, 0.4) is 0 Å². The van der Waals surface area contributed by atoms with Gasteiger partial charge in [0.25, 0.3) is 0 Å². The van der Waals surface area contributed by atoms with E-state index in [-0.39, 0.29) is 6.61 Å². The highest BCUT2D eigenvalue weighted by Gasteiger charge is 2.22. The van der Waals surface area contributed by atoms with Gasteiger partial charge in [-0.3, -0.25) is 17.5 Å². The normalized spacial score (nSPS) is 14.1. The maximum Gasteiger partial charge on any atom is 0.0897 e. The third-order valence-corrected chi connectivity index (χ3v) is 5.16. The van der Waals surface area contributed by atoms with Crippen molar-refractivity contribution in [2.24, 2.45) is 4.99 Å². The van der Waals surface area contributed by atoms with Gasteiger partial charge in [0.1, 0.15) is 0 Å². The molecule has 0 bridgehead atoms. The van der Waals surface area contributed by atoms with E-state index in [1.54, 1.807) is 27.5 Å². The van der Waals surface area contributed by atoms with Crippen molar-refractivity contribution in [3.63, 3.8) is 0 Å². The van der Waals surface area contributed by atoms with Crippen molar-refractivity contribution < 1.29 is 22.4 Å². The summed E-state index contributed by atoms with van der Waals surface area (Å²) in [5.74, 6) is 0.618. The van der Waals surface area contributed by atoms with Crippen molar-refractivity contribution >= 4 is 17.1 Å². The summed E-state index contributed by atoms with van der Waals surface area (Å²) in [7, 11) is 2.76. The maximum absolute atomic E-state index is 9.80. The predicted molar refractivity (Wildman–Crippen MR) is 95.6 cm³/mol. The Morgan fingerprint density at radius 2 is 1.96 bits per heavy atom. The zero-order valence-electron chi connectivity index (χ0n) is 14.3. The average Bonchev–Trinajstić information content (AvgIpc) is 2.57. The van der Waals surface area contributed by atoms with Gasteiger partial charge in [-0.05, 0) is 12.0 Å². The van der Waals surface area contributed by atoms with Gasteiger partial charge in [-0.25, -0.2) is 0 Å². The monoisotopic (exact) mass is 350 g/mol. The lowest BCUT2D eigenvalue weighted by Crippen LogP contribution is -2.31. The lowest BCUT2D eigenvalue weighted by atomic mass is 10.3. The van der Waals surface area contributed by atoms with Gasteiger partial charge in [-0.2, -0.15) is 0 Å². The second-order valence-electron chi connectivity index (χ2n) is 4.59. The highest BCUT2D eigenvalue weighted by atomic mass is 32.3. The van der Waals surface area contributed by atoms with Gasteiger partial charge in [0.2, 0.25) is 0 Å². The number of nitrogens with one attached hydrogen (secondary N) is 1. The van der Waals surface area contributed by atoms with Crippen molar-refractivity contribution in [1.82, 2.24) is 5.32 Å². The fourth-order valence-corrected chi connectivity index (χ4v) is 3.05. The van der Waals surface area contributed by atoms with Gasteiger partial charge in [0.15, 0.2) is 0 Å². The predicted octanol–water partition coefficient (Wildman–Crippen LogP) is 1.60. The van der Waals surface area contributed by atoms with E-state index >= 15 is 0 Å². The summed E-state index contributed by atoms with van der Waals surface area (Å²) in [5.41, 5.74) is 0.816. The Bertz CT molecular complexity index is 354. The van der Waals surface area contributed by atoms with Gasteiger partial charge in [0.05, 0.1) is 44.9 Å². The molecule has 2 N–H and O–H groups in total. The molecule has 0 spiro atoms. The van der Waals surface area contributed by atoms with Gasteiger partial charge in [-0.15, -0.1) is 0 Å². The molecule has 1 atom stereocenters. The highest BCUT2D eigenvalue weighted by Crippen LogP contribution is 2.49. The molecule has 0 aliphatic heterocycles. The summed E-state index contributed by atoms with van der Waals surface area (Å²) in [6.07, 6.45) is 3.21. The number of aliphatic hydroxyl groups excluding tert-OH is 1. The van der Waals surface area contributed by atoms with Crippen LogP contribution in [0.4, 0.5) is 0 Å². The topological polar surface area (TPSA) is 81.5 Å². The lowest BCUT2D eigenvalue weighted by Gasteiger charge is -2.33. The number of nitrogens with zero attached hydrogens (tertiary/aromatic N) is 1. The van der Waals surface area contributed by atoms with Crippen molar-refractivity contribution in [2.45, 2.75) is 12.5 Å². The zero-order valence-corrected chi connectivity index (χ0v) is 15.1. The zero-order chi connectivity index (χ0) is 17.6. The molecule has 0 radical (unpaired) electrons. The lowest BCUT2D eigenvalue weighted by molar-refractivity contribution is 0.0376. The van der Waals surface area contributed by atoms with Crippen LogP contribution in [0, 0.1) is 0 Å². The first kappa shape index (κ1) is 22.3. The molecular weight excluding hydrogens is 320 g/mol. The van der Waals surface area contributed by atoms with E-state index in [1.165, 1.54) is 6.20 Å². The summed E-state index contributed by atoms with van der Waals surface area (Å²) < 4.78 is 21.2. The third-order valence-electron chi connectivity index (χ3n) is 2.85. The van der Waals surface area contributed by atoms with E-state index in [9.17, 15) is 5.11 Å². The molecule has 0 saturated carbocycles. The first-order valence-corrected chi connectivity index (χ1v) is 8.87. The van der Waals surface area contributed by atoms with Crippen LogP contribution in [0.15, 0.2) is 29.9 Å². The molecule has 0 aliphatic carbocycles. The number of aliphatic hydroxyl groups is 1. The van der Waals surface area contributed by atoms with E-state index in [2.05, 4.69) is 23.5 Å². The van der Waals surface area contributed by atoms with Crippen LogP contribution >= 0.6 is 10.9 Å². The summed E-state index contributed by atoms with van der Waals surface area (Å²) >= 11 is 0. The van der Waals surface area contributed by atoms with Crippen LogP contribution < -0.4 is 5.32 Å². The van der Waals surface area contributed by atoms with Crippen molar-refractivity contribution in [3.8, 4) is 0 Å². The molecule has 0 aliphatic rings. The highest BCUT2D eigenvalue weighted by molar-refractivity contribution is 8.21. The second kappa shape index (κ2) is 13.7. The molecular formula is C15H30N2O5S. The Morgan fingerprint density at radius 1 is 1.30 bits per heavy atom. The van der Waals surface area contributed by atoms with Gasteiger partial charge >= 0.3 is 0 Å². The van der Waals surface area contributed by atoms with E-state index in [0.29, 0.717) is 25.4 Å². The molecule has 0 heterocycles.